The first-order chi connectivity index (χ1) is 10.9. The molecule has 1 heterocycles. The summed E-state index contributed by atoms with van der Waals surface area (Å²) >= 11 is 0. The number of alkyl halides is 2. The Morgan fingerprint density at radius 2 is 1.78 bits per heavy atom. The first-order valence-electron chi connectivity index (χ1n) is 7.58. The van der Waals surface area contributed by atoms with Gasteiger partial charge in [-0.15, -0.1) is 0 Å². The molecule has 0 atom stereocenters. The largest absolute Gasteiger partial charge is 0.493 e. The summed E-state index contributed by atoms with van der Waals surface area (Å²) in [4.78, 5) is 16.6. The molecule has 1 saturated heterocycles. The van der Waals surface area contributed by atoms with Gasteiger partial charge in [-0.1, -0.05) is 0 Å². The number of benzene rings is 1. The fraction of sp³-hybridized carbons (Fsp3) is 0.562. The van der Waals surface area contributed by atoms with E-state index in [4.69, 9.17) is 4.74 Å². The van der Waals surface area contributed by atoms with Gasteiger partial charge in [0.05, 0.1) is 7.11 Å². The zero-order chi connectivity index (χ0) is 17.0. The van der Waals surface area contributed by atoms with Crippen molar-refractivity contribution in [1.29, 1.82) is 0 Å². The molecule has 1 amide bonds. The van der Waals surface area contributed by atoms with Crippen LogP contribution in [-0.2, 0) is 0 Å². The van der Waals surface area contributed by atoms with Crippen molar-refractivity contribution in [3.63, 3.8) is 0 Å². The van der Waals surface area contributed by atoms with Crippen LogP contribution in [0.3, 0.4) is 0 Å². The normalized spacial score (nSPS) is 16.0. The monoisotopic (exact) mass is 328 g/mol. The Labute approximate surface area is 134 Å². The summed E-state index contributed by atoms with van der Waals surface area (Å²) < 4.78 is 34.1. The van der Waals surface area contributed by atoms with E-state index < -0.39 is 6.61 Å². The van der Waals surface area contributed by atoms with Crippen molar-refractivity contribution in [2.24, 2.45) is 0 Å². The number of hydrogen-bond donors (Lipinski definition) is 0. The third-order valence-electron chi connectivity index (χ3n) is 3.96. The zero-order valence-corrected chi connectivity index (χ0v) is 13.6. The van der Waals surface area contributed by atoms with Gasteiger partial charge in [0.25, 0.3) is 5.91 Å². The maximum Gasteiger partial charge on any atom is 0.387 e. The van der Waals surface area contributed by atoms with Crippen LogP contribution in [0.25, 0.3) is 0 Å². The second-order valence-corrected chi connectivity index (χ2v) is 5.67. The Hall–Kier alpha value is -1.89. The van der Waals surface area contributed by atoms with E-state index in [1.54, 1.807) is 4.90 Å². The highest BCUT2D eigenvalue weighted by Crippen LogP contribution is 2.30. The van der Waals surface area contributed by atoms with Gasteiger partial charge in [-0.25, -0.2) is 0 Å². The molecule has 0 unspecified atom stereocenters. The first-order valence-corrected chi connectivity index (χ1v) is 7.58. The number of nitrogens with zero attached hydrogens (tertiary/aromatic N) is 2. The Morgan fingerprint density at radius 3 is 2.30 bits per heavy atom. The molecule has 2 rings (SSSR count). The Kier molecular flexibility index (Phi) is 5.76. The molecule has 1 aliphatic rings. The Bertz CT molecular complexity index is 544. The summed E-state index contributed by atoms with van der Waals surface area (Å²) in [7, 11) is 1.35. The maximum absolute atomic E-state index is 12.5. The number of hydrogen-bond acceptors (Lipinski definition) is 4. The average Bonchev–Trinajstić information content (AvgIpc) is 2.54. The van der Waals surface area contributed by atoms with Crippen molar-refractivity contribution in [2.75, 3.05) is 33.3 Å². The molecule has 1 aromatic carbocycles. The number of methoxy groups -OCH3 is 1. The number of rotatable bonds is 5. The molecule has 0 aliphatic carbocycles. The van der Waals surface area contributed by atoms with Crippen molar-refractivity contribution >= 4 is 5.91 Å². The van der Waals surface area contributed by atoms with Crippen molar-refractivity contribution < 1.29 is 23.0 Å². The van der Waals surface area contributed by atoms with Crippen molar-refractivity contribution in [3.8, 4) is 11.5 Å². The van der Waals surface area contributed by atoms with Crippen LogP contribution in [0.15, 0.2) is 18.2 Å². The summed E-state index contributed by atoms with van der Waals surface area (Å²) in [6, 6.07) is 4.72. The van der Waals surface area contributed by atoms with Crippen LogP contribution < -0.4 is 9.47 Å². The van der Waals surface area contributed by atoms with Crippen molar-refractivity contribution in [1.82, 2.24) is 9.80 Å². The van der Waals surface area contributed by atoms with Gasteiger partial charge in [0.1, 0.15) is 0 Å². The summed E-state index contributed by atoms with van der Waals surface area (Å²) in [5.74, 6) is -0.0871. The van der Waals surface area contributed by atoms with E-state index in [1.807, 2.05) is 0 Å². The van der Waals surface area contributed by atoms with Crippen LogP contribution in [0.1, 0.15) is 24.2 Å². The van der Waals surface area contributed by atoms with E-state index in [0.717, 1.165) is 13.1 Å². The molecule has 5 nitrogen and oxygen atoms in total. The lowest BCUT2D eigenvalue weighted by molar-refractivity contribution is -0.0512. The van der Waals surface area contributed by atoms with E-state index in [2.05, 4.69) is 23.5 Å². The van der Waals surface area contributed by atoms with Crippen molar-refractivity contribution in [2.45, 2.75) is 26.5 Å². The van der Waals surface area contributed by atoms with Gasteiger partial charge in [-0.2, -0.15) is 8.78 Å². The smallest absolute Gasteiger partial charge is 0.387 e. The summed E-state index contributed by atoms with van der Waals surface area (Å²) in [6.45, 7) is 4.27. The van der Waals surface area contributed by atoms with E-state index in [1.165, 1.54) is 25.3 Å². The average molecular weight is 328 g/mol. The Balaban J connectivity index is 2.08. The lowest BCUT2D eigenvalue weighted by Gasteiger charge is -2.37. The standard InChI is InChI=1S/C16H22F2N2O3/c1-11(2)19-6-8-20(9-7-19)15(21)12-4-5-13(23-16(17)18)14(10-12)22-3/h4-5,10-11,16H,6-9H2,1-3H3. The van der Waals surface area contributed by atoms with Crippen LogP contribution in [-0.4, -0.2) is 61.6 Å². The van der Waals surface area contributed by atoms with E-state index in [-0.39, 0.29) is 17.4 Å². The van der Waals surface area contributed by atoms with Gasteiger partial charge >= 0.3 is 6.61 Å². The molecular formula is C16H22F2N2O3. The molecule has 23 heavy (non-hydrogen) atoms. The Morgan fingerprint density at radius 1 is 1.13 bits per heavy atom. The number of piperazine rings is 1. The maximum atomic E-state index is 12.5. The summed E-state index contributed by atoms with van der Waals surface area (Å²) in [6.07, 6.45) is 0. The fourth-order valence-electron chi connectivity index (χ4n) is 2.62. The molecule has 0 radical (unpaired) electrons. The number of ether oxygens (including phenoxy) is 2. The third kappa shape index (κ3) is 4.31. The van der Waals surface area contributed by atoms with Crippen LogP contribution in [0.5, 0.6) is 11.5 Å². The predicted octanol–water partition coefficient (Wildman–Crippen LogP) is 2.46. The number of halogens is 2. The molecule has 0 bridgehead atoms. The lowest BCUT2D eigenvalue weighted by Crippen LogP contribution is -2.50. The minimum atomic E-state index is -2.94. The van der Waals surface area contributed by atoms with Crippen LogP contribution in [0, 0.1) is 0 Å². The van der Waals surface area contributed by atoms with Crippen LogP contribution >= 0.6 is 0 Å². The topological polar surface area (TPSA) is 42.0 Å². The molecule has 1 aliphatic heterocycles. The fourth-order valence-corrected chi connectivity index (χ4v) is 2.62. The molecule has 7 heteroatoms. The highest BCUT2D eigenvalue weighted by atomic mass is 19.3. The summed E-state index contributed by atoms with van der Waals surface area (Å²) in [5.41, 5.74) is 0.404. The highest BCUT2D eigenvalue weighted by molar-refractivity contribution is 5.95. The number of carbonyl (C=O) groups excluding carboxylic acids is 1. The molecule has 0 spiro atoms. The quantitative estimate of drug-likeness (QED) is 0.833. The van der Waals surface area contributed by atoms with E-state index in [0.29, 0.717) is 24.7 Å². The second kappa shape index (κ2) is 7.59. The van der Waals surface area contributed by atoms with Gasteiger partial charge in [0.2, 0.25) is 0 Å². The first kappa shape index (κ1) is 17.5. The molecule has 1 fully saturated rings. The SMILES string of the molecule is COc1cc(C(=O)N2CCN(C(C)C)CC2)ccc1OC(F)F. The minimum absolute atomic E-state index is 0.0799. The number of carbonyl (C=O) groups is 1. The third-order valence-corrected chi connectivity index (χ3v) is 3.96. The van der Waals surface area contributed by atoms with E-state index >= 15 is 0 Å². The van der Waals surface area contributed by atoms with Gasteiger partial charge < -0.3 is 14.4 Å². The summed E-state index contributed by atoms with van der Waals surface area (Å²) in [5, 5.41) is 0. The van der Waals surface area contributed by atoms with Gasteiger partial charge in [0, 0.05) is 37.8 Å². The minimum Gasteiger partial charge on any atom is -0.493 e. The zero-order valence-electron chi connectivity index (χ0n) is 13.6. The number of amides is 1. The molecular weight excluding hydrogens is 306 g/mol. The molecule has 0 saturated carbocycles. The molecule has 0 aromatic heterocycles. The van der Waals surface area contributed by atoms with Gasteiger partial charge in [-0.3, -0.25) is 9.69 Å². The predicted molar refractivity (Wildman–Crippen MR) is 82.2 cm³/mol. The second-order valence-electron chi connectivity index (χ2n) is 5.67. The highest BCUT2D eigenvalue weighted by Gasteiger charge is 2.24. The molecule has 128 valence electrons. The van der Waals surface area contributed by atoms with Gasteiger partial charge in [0.15, 0.2) is 11.5 Å². The van der Waals surface area contributed by atoms with Crippen LogP contribution in [0.2, 0.25) is 0 Å². The van der Waals surface area contributed by atoms with Crippen LogP contribution in [0.4, 0.5) is 8.78 Å². The molecule has 1 aromatic rings. The molecule has 0 N–H and O–H groups in total. The van der Waals surface area contributed by atoms with Gasteiger partial charge in [-0.05, 0) is 32.0 Å². The van der Waals surface area contributed by atoms with Crippen molar-refractivity contribution in [3.05, 3.63) is 23.8 Å². The lowest BCUT2D eigenvalue weighted by atomic mass is 10.1. The van der Waals surface area contributed by atoms with E-state index in [9.17, 15) is 13.6 Å².